The molecule has 0 aliphatic heterocycles. The molecule has 1 heterocycles. The van der Waals surface area contributed by atoms with Crippen LogP contribution in [0.2, 0.25) is 0 Å². The molecule has 0 unspecified atom stereocenters. The van der Waals surface area contributed by atoms with Crippen LogP contribution in [0.1, 0.15) is 132 Å². The standard InChI is InChI=1S/C26H45NO3/c1-3-4-5-6-7-8-9-10-11-12-13-14-15-16-17-18-25(28)24-21-19-23(27(24)2)20-22-26(29)30/h19,21H,3-18,20,22H2,1-2H3,(H,29,30). The van der Waals surface area contributed by atoms with E-state index in [0.717, 1.165) is 18.5 Å². The predicted molar refractivity (Wildman–Crippen MR) is 125 cm³/mol. The highest BCUT2D eigenvalue weighted by Gasteiger charge is 2.13. The fourth-order valence-electron chi connectivity index (χ4n) is 4.10. The third-order valence-corrected chi connectivity index (χ3v) is 6.11. The first-order chi connectivity index (χ1) is 14.6. The number of carboxylic acid groups (broad SMARTS) is 1. The van der Waals surface area contributed by atoms with E-state index in [1.54, 1.807) is 0 Å². The molecular weight excluding hydrogens is 374 g/mol. The Morgan fingerprint density at radius 3 is 1.67 bits per heavy atom. The molecule has 0 atom stereocenters. The molecule has 172 valence electrons. The first-order valence-corrected chi connectivity index (χ1v) is 12.5. The van der Waals surface area contributed by atoms with E-state index in [2.05, 4.69) is 6.92 Å². The lowest BCUT2D eigenvalue weighted by Crippen LogP contribution is -2.09. The van der Waals surface area contributed by atoms with Gasteiger partial charge in [0.05, 0.1) is 12.1 Å². The molecule has 30 heavy (non-hydrogen) atoms. The molecule has 0 saturated heterocycles. The molecule has 0 fully saturated rings. The van der Waals surface area contributed by atoms with Gasteiger partial charge in [0.1, 0.15) is 0 Å². The quantitative estimate of drug-likeness (QED) is 0.176. The van der Waals surface area contributed by atoms with Gasteiger partial charge in [-0.25, -0.2) is 0 Å². The number of carbonyl (C=O) groups excluding carboxylic acids is 1. The average Bonchev–Trinajstić information content (AvgIpc) is 3.09. The number of hydrogen-bond acceptors (Lipinski definition) is 2. The zero-order valence-electron chi connectivity index (χ0n) is 19.6. The number of unbranched alkanes of at least 4 members (excludes halogenated alkanes) is 14. The van der Waals surface area contributed by atoms with Crippen molar-refractivity contribution in [2.24, 2.45) is 7.05 Å². The maximum absolute atomic E-state index is 12.4. The van der Waals surface area contributed by atoms with Crippen molar-refractivity contribution in [2.75, 3.05) is 0 Å². The summed E-state index contributed by atoms with van der Waals surface area (Å²) >= 11 is 0. The number of ketones is 1. The zero-order chi connectivity index (χ0) is 22.0. The van der Waals surface area contributed by atoms with Crippen molar-refractivity contribution in [3.05, 3.63) is 23.5 Å². The molecule has 1 N–H and O–H groups in total. The monoisotopic (exact) mass is 419 g/mol. The number of nitrogens with zero attached hydrogens (tertiary/aromatic N) is 1. The van der Waals surface area contributed by atoms with Crippen LogP contribution in [0, 0.1) is 0 Å². The number of Topliss-reactive ketones (excluding diaryl/α,β-unsaturated/α-hetero) is 1. The highest BCUT2D eigenvalue weighted by atomic mass is 16.4. The molecular formula is C26H45NO3. The number of aromatic nitrogens is 1. The normalized spacial score (nSPS) is 11.1. The number of carboxylic acids is 1. The minimum atomic E-state index is -0.804. The van der Waals surface area contributed by atoms with Crippen LogP contribution in [0.4, 0.5) is 0 Å². The van der Waals surface area contributed by atoms with Crippen LogP contribution in [0.5, 0.6) is 0 Å². The Labute approximate surface area is 184 Å². The summed E-state index contributed by atoms with van der Waals surface area (Å²) in [7, 11) is 1.86. The predicted octanol–water partition coefficient (Wildman–Crippen LogP) is 7.49. The van der Waals surface area contributed by atoms with Gasteiger partial charge in [0.2, 0.25) is 0 Å². The smallest absolute Gasteiger partial charge is 0.303 e. The maximum atomic E-state index is 12.4. The van der Waals surface area contributed by atoms with Crippen LogP contribution >= 0.6 is 0 Å². The van der Waals surface area contributed by atoms with Crippen molar-refractivity contribution >= 4 is 11.8 Å². The van der Waals surface area contributed by atoms with Gasteiger partial charge in [-0.05, 0) is 25.0 Å². The van der Waals surface area contributed by atoms with Gasteiger partial charge in [-0.15, -0.1) is 0 Å². The minimum absolute atomic E-state index is 0.102. The zero-order valence-corrected chi connectivity index (χ0v) is 19.6. The van der Waals surface area contributed by atoms with Gasteiger partial charge in [0.15, 0.2) is 5.78 Å². The molecule has 0 radical (unpaired) electrons. The van der Waals surface area contributed by atoms with Gasteiger partial charge >= 0.3 is 5.97 Å². The van der Waals surface area contributed by atoms with E-state index in [0.29, 0.717) is 18.5 Å². The van der Waals surface area contributed by atoms with Crippen LogP contribution in [0.25, 0.3) is 0 Å². The van der Waals surface area contributed by atoms with Crippen molar-refractivity contribution in [3.63, 3.8) is 0 Å². The summed E-state index contributed by atoms with van der Waals surface area (Å²) in [5.74, 6) is -0.629. The summed E-state index contributed by atoms with van der Waals surface area (Å²) in [6, 6.07) is 3.72. The molecule has 4 heteroatoms. The molecule has 1 rings (SSSR count). The lowest BCUT2D eigenvalue weighted by molar-refractivity contribution is -0.136. The largest absolute Gasteiger partial charge is 0.481 e. The Morgan fingerprint density at radius 1 is 0.733 bits per heavy atom. The van der Waals surface area contributed by atoms with E-state index in [4.69, 9.17) is 5.11 Å². The van der Waals surface area contributed by atoms with Gasteiger partial charge in [-0.3, -0.25) is 9.59 Å². The Kier molecular flexibility index (Phi) is 15.1. The van der Waals surface area contributed by atoms with E-state index >= 15 is 0 Å². The Hall–Kier alpha value is -1.58. The SMILES string of the molecule is CCCCCCCCCCCCCCCCCC(=O)c1ccc(CCC(=O)O)n1C. The Bertz CT molecular complexity index is 591. The molecule has 0 aromatic carbocycles. The summed E-state index contributed by atoms with van der Waals surface area (Å²) in [5.41, 5.74) is 1.62. The van der Waals surface area contributed by atoms with E-state index in [-0.39, 0.29) is 12.2 Å². The van der Waals surface area contributed by atoms with Crippen LogP contribution in [0.3, 0.4) is 0 Å². The average molecular weight is 420 g/mol. The molecule has 0 aliphatic rings. The summed E-state index contributed by atoms with van der Waals surface area (Å²) < 4.78 is 1.86. The number of rotatable bonds is 20. The van der Waals surface area contributed by atoms with E-state index in [1.165, 1.54) is 83.5 Å². The van der Waals surface area contributed by atoms with Crippen molar-refractivity contribution < 1.29 is 14.7 Å². The molecule has 1 aromatic heterocycles. The van der Waals surface area contributed by atoms with E-state index in [9.17, 15) is 9.59 Å². The second kappa shape index (κ2) is 17.1. The molecule has 0 bridgehead atoms. The summed E-state index contributed by atoms with van der Waals surface area (Å²) in [4.78, 5) is 23.1. The van der Waals surface area contributed by atoms with Crippen molar-refractivity contribution in [1.82, 2.24) is 4.57 Å². The van der Waals surface area contributed by atoms with Crippen LogP contribution in [-0.2, 0) is 18.3 Å². The van der Waals surface area contributed by atoms with E-state index in [1.807, 2.05) is 23.7 Å². The highest BCUT2D eigenvalue weighted by Crippen LogP contribution is 2.16. The Morgan fingerprint density at radius 2 is 1.20 bits per heavy atom. The second-order valence-corrected chi connectivity index (χ2v) is 8.79. The van der Waals surface area contributed by atoms with Crippen LogP contribution in [-0.4, -0.2) is 21.4 Å². The lowest BCUT2D eigenvalue weighted by atomic mass is 10.0. The number of hydrogen-bond donors (Lipinski definition) is 1. The van der Waals surface area contributed by atoms with Crippen molar-refractivity contribution in [1.29, 1.82) is 0 Å². The molecule has 0 spiro atoms. The second-order valence-electron chi connectivity index (χ2n) is 8.79. The van der Waals surface area contributed by atoms with Crippen LogP contribution in [0.15, 0.2) is 12.1 Å². The fraction of sp³-hybridized carbons (Fsp3) is 0.769. The van der Waals surface area contributed by atoms with Gasteiger partial charge < -0.3 is 9.67 Å². The fourth-order valence-corrected chi connectivity index (χ4v) is 4.10. The van der Waals surface area contributed by atoms with Crippen molar-refractivity contribution in [3.8, 4) is 0 Å². The highest BCUT2D eigenvalue weighted by molar-refractivity contribution is 5.94. The number of aryl methyl sites for hydroxylation is 1. The topological polar surface area (TPSA) is 59.3 Å². The first-order valence-electron chi connectivity index (χ1n) is 12.5. The third kappa shape index (κ3) is 12.2. The molecule has 0 saturated carbocycles. The Balaban J connectivity index is 1.97. The summed E-state index contributed by atoms with van der Waals surface area (Å²) in [6.45, 7) is 2.27. The van der Waals surface area contributed by atoms with Crippen LogP contribution < -0.4 is 0 Å². The van der Waals surface area contributed by atoms with Gasteiger partial charge in [-0.1, -0.05) is 96.8 Å². The third-order valence-electron chi connectivity index (χ3n) is 6.11. The molecule has 0 aliphatic carbocycles. The lowest BCUT2D eigenvalue weighted by Gasteiger charge is -2.07. The molecule has 4 nitrogen and oxygen atoms in total. The van der Waals surface area contributed by atoms with E-state index < -0.39 is 5.97 Å². The van der Waals surface area contributed by atoms with Gasteiger partial charge in [0, 0.05) is 19.2 Å². The van der Waals surface area contributed by atoms with Gasteiger partial charge in [0.25, 0.3) is 0 Å². The first kappa shape index (κ1) is 26.5. The summed E-state index contributed by atoms with van der Waals surface area (Å²) in [6.07, 6.45) is 21.0. The van der Waals surface area contributed by atoms with Gasteiger partial charge in [-0.2, -0.15) is 0 Å². The molecule has 1 aromatic rings. The number of aliphatic carboxylic acids is 1. The molecule has 0 amide bonds. The maximum Gasteiger partial charge on any atom is 0.303 e. The summed E-state index contributed by atoms with van der Waals surface area (Å²) in [5, 5.41) is 8.81. The van der Waals surface area contributed by atoms with Crippen molar-refractivity contribution in [2.45, 2.75) is 122 Å². The number of carbonyl (C=O) groups is 2. The minimum Gasteiger partial charge on any atom is -0.481 e.